The molecule has 0 spiro atoms. The molecule has 0 aromatic heterocycles. The van der Waals surface area contributed by atoms with Gasteiger partial charge in [0.05, 0.1) is 18.3 Å². The summed E-state index contributed by atoms with van der Waals surface area (Å²) in [5, 5.41) is 3.04. The van der Waals surface area contributed by atoms with Crippen LogP contribution >= 0.6 is 0 Å². The molecule has 3 aliphatic rings. The van der Waals surface area contributed by atoms with Crippen molar-refractivity contribution in [1.29, 1.82) is 0 Å². The Morgan fingerprint density at radius 3 is 2.60 bits per heavy atom. The van der Waals surface area contributed by atoms with Crippen molar-refractivity contribution in [3.8, 4) is 0 Å². The second-order valence-corrected chi connectivity index (χ2v) is 7.53. The first kappa shape index (κ1) is 16.9. The third-order valence-electron chi connectivity index (χ3n) is 5.97. The second kappa shape index (κ2) is 7.34. The van der Waals surface area contributed by atoms with E-state index in [0.717, 1.165) is 19.5 Å². The number of hydrogen-bond acceptors (Lipinski definition) is 3. The van der Waals surface area contributed by atoms with Crippen LogP contribution in [0.15, 0.2) is 30.3 Å². The van der Waals surface area contributed by atoms with E-state index in [1.807, 2.05) is 23.1 Å². The summed E-state index contributed by atoms with van der Waals surface area (Å²) in [6.07, 6.45) is 4.08. The second-order valence-electron chi connectivity index (χ2n) is 7.53. The number of nitrogens with zero attached hydrogens (tertiary/aromatic N) is 1. The molecule has 136 valence electrons. The Morgan fingerprint density at radius 2 is 1.92 bits per heavy atom. The Bertz CT molecular complexity index is 576. The molecule has 0 radical (unpaired) electrons. The van der Waals surface area contributed by atoms with E-state index in [9.17, 15) is 4.79 Å². The zero-order chi connectivity index (χ0) is 17.2. The summed E-state index contributed by atoms with van der Waals surface area (Å²) in [6.45, 7) is 5.10. The molecular weight excluding hydrogens is 316 g/mol. The Labute approximate surface area is 149 Å². The number of carbonyl (C=O) groups is 1. The molecule has 5 atom stereocenters. The number of ether oxygens (including phenoxy) is 2. The minimum atomic E-state index is 0.0740. The van der Waals surface area contributed by atoms with Crippen molar-refractivity contribution in [3.05, 3.63) is 35.9 Å². The number of rotatable bonds is 6. The van der Waals surface area contributed by atoms with Gasteiger partial charge in [-0.3, -0.25) is 0 Å². The van der Waals surface area contributed by atoms with Gasteiger partial charge in [0.1, 0.15) is 0 Å². The molecule has 3 aliphatic heterocycles. The van der Waals surface area contributed by atoms with E-state index in [-0.39, 0.29) is 12.1 Å². The number of likely N-dealkylation sites (tertiary alicyclic amines) is 1. The van der Waals surface area contributed by atoms with Gasteiger partial charge in [0.25, 0.3) is 0 Å². The fourth-order valence-electron chi connectivity index (χ4n) is 4.59. The standard InChI is InChI=1S/C20H28N2O3/c1-14(15-6-3-2-4-7-15)24-11-5-10-21-20(23)22-12-16-17(13-22)19-9-8-18(16)25-19/h2-4,6-7,14,16-19H,5,8-13H2,1H3,(H,21,23)/t14-,16-,17+,18+,19+/m0/s1. The zero-order valence-electron chi connectivity index (χ0n) is 14.9. The summed E-state index contributed by atoms with van der Waals surface area (Å²) < 4.78 is 11.8. The summed E-state index contributed by atoms with van der Waals surface area (Å²) in [5.41, 5.74) is 1.19. The number of urea groups is 1. The van der Waals surface area contributed by atoms with Gasteiger partial charge in [-0.15, -0.1) is 0 Å². The first-order chi connectivity index (χ1) is 12.2. The highest BCUT2D eigenvalue weighted by Crippen LogP contribution is 2.47. The predicted molar refractivity (Wildman–Crippen MR) is 95.3 cm³/mol. The molecule has 4 rings (SSSR count). The van der Waals surface area contributed by atoms with Crippen LogP contribution in [0.3, 0.4) is 0 Å². The lowest BCUT2D eigenvalue weighted by Gasteiger charge is -2.19. The molecule has 5 nitrogen and oxygen atoms in total. The summed E-state index contributed by atoms with van der Waals surface area (Å²) in [7, 11) is 0. The lowest BCUT2D eigenvalue weighted by Crippen LogP contribution is -2.40. The lowest BCUT2D eigenvalue weighted by molar-refractivity contribution is 0.0638. The third-order valence-corrected chi connectivity index (χ3v) is 5.97. The first-order valence-corrected chi connectivity index (χ1v) is 9.57. The lowest BCUT2D eigenvalue weighted by atomic mass is 9.82. The highest BCUT2D eigenvalue weighted by atomic mass is 16.5. The summed E-state index contributed by atoms with van der Waals surface area (Å²) >= 11 is 0. The minimum Gasteiger partial charge on any atom is -0.374 e. The van der Waals surface area contributed by atoms with E-state index in [1.165, 1.54) is 18.4 Å². The Kier molecular flexibility index (Phi) is 4.95. The van der Waals surface area contributed by atoms with Crippen LogP contribution in [-0.4, -0.2) is 49.4 Å². The number of hydrogen-bond donors (Lipinski definition) is 1. The third kappa shape index (κ3) is 3.53. The Hall–Kier alpha value is -1.59. The van der Waals surface area contributed by atoms with E-state index in [0.29, 0.717) is 37.2 Å². The quantitative estimate of drug-likeness (QED) is 0.807. The van der Waals surface area contributed by atoms with Gasteiger partial charge in [0.15, 0.2) is 0 Å². The van der Waals surface area contributed by atoms with Crippen LogP contribution in [0.4, 0.5) is 4.79 Å². The Morgan fingerprint density at radius 1 is 1.24 bits per heavy atom. The number of benzene rings is 1. The molecular formula is C20H28N2O3. The molecule has 2 bridgehead atoms. The predicted octanol–water partition coefficient (Wildman–Crippen LogP) is 2.97. The highest BCUT2D eigenvalue weighted by molar-refractivity contribution is 5.74. The molecule has 3 saturated heterocycles. The topological polar surface area (TPSA) is 50.8 Å². The van der Waals surface area contributed by atoms with Crippen LogP contribution in [0.2, 0.25) is 0 Å². The smallest absolute Gasteiger partial charge is 0.317 e. The average Bonchev–Trinajstić information content (AvgIpc) is 3.34. The van der Waals surface area contributed by atoms with Crippen LogP contribution in [0.25, 0.3) is 0 Å². The SMILES string of the molecule is C[C@H](OCCCNC(=O)N1C[C@@H]2[C@H](C1)[C@H]1CC[C@H]2O1)c1ccccc1. The summed E-state index contributed by atoms with van der Waals surface area (Å²) in [4.78, 5) is 14.3. The average molecular weight is 344 g/mol. The maximum atomic E-state index is 12.4. The van der Waals surface area contributed by atoms with Crippen LogP contribution in [0.1, 0.15) is 37.9 Å². The monoisotopic (exact) mass is 344 g/mol. The first-order valence-electron chi connectivity index (χ1n) is 9.57. The summed E-state index contributed by atoms with van der Waals surface area (Å²) in [5.74, 6) is 1.14. The van der Waals surface area contributed by atoms with Gasteiger partial charge in [-0.05, 0) is 31.7 Å². The van der Waals surface area contributed by atoms with Gasteiger partial charge in [0, 0.05) is 38.1 Å². The minimum absolute atomic E-state index is 0.0740. The van der Waals surface area contributed by atoms with E-state index in [1.54, 1.807) is 0 Å². The molecule has 3 heterocycles. The number of fused-ring (bicyclic) bond motifs is 5. The molecule has 1 aromatic rings. The largest absolute Gasteiger partial charge is 0.374 e. The van der Waals surface area contributed by atoms with Gasteiger partial charge in [-0.25, -0.2) is 4.79 Å². The fourth-order valence-corrected chi connectivity index (χ4v) is 4.59. The van der Waals surface area contributed by atoms with Crippen molar-refractivity contribution < 1.29 is 14.3 Å². The van der Waals surface area contributed by atoms with Gasteiger partial charge in [-0.2, -0.15) is 0 Å². The van der Waals surface area contributed by atoms with Crippen LogP contribution in [0, 0.1) is 11.8 Å². The number of nitrogens with one attached hydrogen (secondary N) is 1. The van der Waals surface area contributed by atoms with Crippen LogP contribution in [-0.2, 0) is 9.47 Å². The van der Waals surface area contributed by atoms with E-state index < -0.39 is 0 Å². The van der Waals surface area contributed by atoms with Crippen molar-refractivity contribution in [2.24, 2.45) is 11.8 Å². The van der Waals surface area contributed by atoms with Crippen molar-refractivity contribution in [1.82, 2.24) is 10.2 Å². The zero-order valence-corrected chi connectivity index (χ0v) is 14.9. The van der Waals surface area contributed by atoms with E-state index >= 15 is 0 Å². The van der Waals surface area contributed by atoms with Gasteiger partial charge in [-0.1, -0.05) is 30.3 Å². The molecule has 1 N–H and O–H groups in total. The highest BCUT2D eigenvalue weighted by Gasteiger charge is 2.53. The van der Waals surface area contributed by atoms with Gasteiger partial charge >= 0.3 is 6.03 Å². The molecule has 3 fully saturated rings. The molecule has 0 saturated carbocycles. The van der Waals surface area contributed by atoms with Crippen molar-refractivity contribution in [2.75, 3.05) is 26.2 Å². The van der Waals surface area contributed by atoms with Gasteiger partial charge < -0.3 is 19.7 Å². The van der Waals surface area contributed by atoms with E-state index in [4.69, 9.17) is 9.47 Å². The maximum absolute atomic E-state index is 12.4. The Balaban J connectivity index is 1.13. The van der Waals surface area contributed by atoms with Crippen LogP contribution in [0.5, 0.6) is 0 Å². The van der Waals surface area contributed by atoms with Crippen LogP contribution < -0.4 is 5.32 Å². The van der Waals surface area contributed by atoms with Gasteiger partial charge in [0.2, 0.25) is 0 Å². The molecule has 25 heavy (non-hydrogen) atoms. The maximum Gasteiger partial charge on any atom is 0.317 e. The molecule has 1 aromatic carbocycles. The van der Waals surface area contributed by atoms with E-state index in [2.05, 4.69) is 24.4 Å². The van der Waals surface area contributed by atoms with Crippen molar-refractivity contribution in [3.63, 3.8) is 0 Å². The van der Waals surface area contributed by atoms with Crippen molar-refractivity contribution >= 4 is 6.03 Å². The molecule has 0 unspecified atom stereocenters. The number of amides is 2. The molecule has 0 aliphatic carbocycles. The normalized spacial score (nSPS) is 31.2. The molecule has 5 heteroatoms. The fraction of sp³-hybridized carbons (Fsp3) is 0.650. The van der Waals surface area contributed by atoms with Crippen molar-refractivity contribution in [2.45, 2.75) is 44.5 Å². The summed E-state index contributed by atoms with van der Waals surface area (Å²) in [6, 6.07) is 10.3. The number of carbonyl (C=O) groups excluding carboxylic acids is 1. The molecule has 2 amide bonds.